The summed E-state index contributed by atoms with van der Waals surface area (Å²) < 4.78 is 6.86. The second-order valence-electron chi connectivity index (χ2n) is 4.62. The predicted molar refractivity (Wildman–Crippen MR) is 84.3 cm³/mol. The topological polar surface area (TPSA) is 48.1 Å². The van der Waals surface area contributed by atoms with Gasteiger partial charge in [0.1, 0.15) is 5.75 Å². The lowest BCUT2D eigenvalue weighted by Gasteiger charge is -2.06. The first-order valence-electron chi connectivity index (χ1n) is 6.64. The van der Waals surface area contributed by atoms with E-state index >= 15 is 0 Å². The molecule has 0 aliphatic rings. The van der Waals surface area contributed by atoms with Crippen molar-refractivity contribution in [3.63, 3.8) is 0 Å². The Balaban J connectivity index is 1.54. The highest BCUT2D eigenvalue weighted by molar-refractivity contribution is 7.22. The van der Waals surface area contributed by atoms with Crippen molar-refractivity contribution in [3.8, 4) is 5.75 Å². The zero-order valence-corrected chi connectivity index (χ0v) is 11.9. The molecule has 2 N–H and O–H groups in total. The summed E-state index contributed by atoms with van der Waals surface area (Å²) in [5.74, 6) is 0.884. The number of nitrogens with zero attached hydrogens (tertiary/aromatic N) is 1. The Morgan fingerprint density at radius 2 is 1.95 bits per heavy atom. The van der Waals surface area contributed by atoms with Gasteiger partial charge in [0.05, 0.1) is 16.8 Å². The van der Waals surface area contributed by atoms with Crippen molar-refractivity contribution in [2.75, 3.05) is 12.3 Å². The number of nitrogens with two attached hydrogens (primary N) is 1. The van der Waals surface area contributed by atoms with Crippen LogP contribution < -0.4 is 10.5 Å². The number of anilines is 1. The van der Waals surface area contributed by atoms with Crippen LogP contribution in [0.2, 0.25) is 0 Å². The summed E-state index contributed by atoms with van der Waals surface area (Å²) in [7, 11) is 0. The molecule has 0 fully saturated rings. The van der Waals surface area contributed by atoms with E-state index in [1.807, 2.05) is 24.3 Å². The first-order valence-corrected chi connectivity index (χ1v) is 7.46. The summed E-state index contributed by atoms with van der Waals surface area (Å²) in [5, 5.41) is 0.598. The van der Waals surface area contributed by atoms with Crippen molar-refractivity contribution >= 4 is 26.7 Å². The monoisotopic (exact) mass is 284 g/mol. The van der Waals surface area contributed by atoms with Crippen molar-refractivity contribution in [2.45, 2.75) is 12.8 Å². The standard InChI is InChI=1S/C16H16N2OS/c17-16-18-14-9-8-13(11-15(14)20-16)19-10-4-7-12-5-2-1-3-6-12/h1-3,5-6,8-9,11H,4,7,10H2,(H2,17,18). The molecule has 102 valence electrons. The average molecular weight is 284 g/mol. The lowest BCUT2D eigenvalue weighted by molar-refractivity contribution is 0.311. The Labute approximate surface area is 122 Å². The van der Waals surface area contributed by atoms with Crippen LogP contribution in [0, 0.1) is 0 Å². The summed E-state index contributed by atoms with van der Waals surface area (Å²) in [5.41, 5.74) is 7.98. The molecular weight excluding hydrogens is 268 g/mol. The van der Waals surface area contributed by atoms with Gasteiger partial charge in [-0.15, -0.1) is 0 Å². The molecule has 1 aromatic heterocycles. The number of thiazole rings is 1. The van der Waals surface area contributed by atoms with Crippen LogP contribution in [0.15, 0.2) is 48.5 Å². The van der Waals surface area contributed by atoms with Gasteiger partial charge >= 0.3 is 0 Å². The molecule has 0 aliphatic heterocycles. The van der Waals surface area contributed by atoms with E-state index in [-0.39, 0.29) is 0 Å². The molecular formula is C16H16N2OS. The van der Waals surface area contributed by atoms with Crippen LogP contribution in [0.25, 0.3) is 10.2 Å². The molecule has 0 amide bonds. The van der Waals surface area contributed by atoms with Crippen LogP contribution >= 0.6 is 11.3 Å². The van der Waals surface area contributed by atoms with Crippen molar-refractivity contribution in [1.82, 2.24) is 4.98 Å². The second-order valence-corrected chi connectivity index (χ2v) is 5.68. The Kier molecular flexibility index (Phi) is 3.83. The molecule has 0 unspecified atom stereocenters. The minimum absolute atomic E-state index is 0.598. The molecule has 1 heterocycles. The average Bonchev–Trinajstić information content (AvgIpc) is 2.84. The van der Waals surface area contributed by atoms with Crippen LogP contribution in [-0.2, 0) is 6.42 Å². The zero-order chi connectivity index (χ0) is 13.8. The lowest BCUT2D eigenvalue weighted by atomic mass is 10.1. The number of ether oxygens (including phenoxy) is 1. The highest BCUT2D eigenvalue weighted by atomic mass is 32.1. The molecule has 0 saturated heterocycles. The summed E-state index contributed by atoms with van der Waals surface area (Å²) >= 11 is 1.49. The minimum Gasteiger partial charge on any atom is -0.494 e. The normalized spacial score (nSPS) is 10.8. The van der Waals surface area contributed by atoms with E-state index in [0.29, 0.717) is 11.7 Å². The zero-order valence-electron chi connectivity index (χ0n) is 11.1. The quantitative estimate of drug-likeness (QED) is 0.723. The Bertz CT molecular complexity index is 694. The molecule has 0 radical (unpaired) electrons. The van der Waals surface area contributed by atoms with Gasteiger partial charge in [-0.25, -0.2) is 4.98 Å². The molecule has 0 atom stereocenters. The number of nitrogen functional groups attached to an aromatic ring is 1. The molecule has 0 spiro atoms. The van der Waals surface area contributed by atoms with Crippen LogP contribution in [0.5, 0.6) is 5.75 Å². The fourth-order valence-electron chi connectivity index (χ4n) is 2.12. The van der Waals surface area contributed by atoms with Crippen LogP contribution in [-0.4, -0.2) is 11.6 Å². The largest absolute Gasteiger partial charge is 0.494 e. The van der Waals surface area contributed by atoms with E-state index in [9.17, 15) is 0 Å². The smallest absolute Gasteiger partial charge is 0.181 e. The first-order chi connectivity index (χ1) is 9.81. The number of hydrogen-bond acceptors (Lipinski definition) is 4. The van der Waals surface area contributed by atoms with Crippen molar-refractivity contribution < 1.29 is 4.74 Å². The second kappa shape index (κ2) is 5.92. The third-order valence-electron chi connectivity index (χ3n) is 3.10. The van der Waals surface area contributed by atoms with E-state index in [1.54, 1.807) is 0 Å². The summed E-state index contributed by atoms with van der Waals surface area (Å²) in [4.78, 5) is 4.23. The molecule has 0 aliphatic carbocycles. The molecule has 4 heteroatoms. The summed E-state index contributed by atoms with van der Waals surface area (Å²) in [6.45, 7) is 0.717. The first kappa shape index (κ1) is 12.9. The maximum Gasteiger partial charge on any atom is 0.181 e. The van der Waals surface area contributed by atoms with Gasteiger partial charge in [0.15, 0.2) is 5.13 Å². The van der Waals surface area contributed by atoms with Crippen molar-refractivity contribution in [1.29, 1.82) is 0 Å². The Morgan fingerprint density at radius 1 is 1.10 bits per heavy atom. The third-order valence-corrected chi connectivity index (χ3v) is 3.95. The van der Waals surface area contributed by atoms with E-state index in [0.717, 1.165) is 28.8 Å². The number of fused-ring (bicyclic) bond motifs is 1. The Hall–Kier alpha value is -2.07. The van der Waals surface area contributed by atoms with Gasteiger partial charge in [-0.2, -0.15) is 0 Å². The number of aromatic nitrogens is 1. The third kappa shape index (κ3) is 3.08. The van der Waals surface area contributed by atoms with E-state index in [4.69, 9.17) is 10.5 Å². The maximum absolute atomic E-state index is 5.78. The van der Waals surface area contributed by atoms with Gasteiger partial charge in [-0.05, 0) is 36.6 Å². The highest BCUT2D eigenvalue weighted by Crippen LogP contribution is 2.27. The van der Waals surface area contributed by atoms with Gasteiger partial charge in [0, 0.05) is 0 Å². The fraction of sp³-hybridized carbons (Fsp3) is 0.188. The van der Waals surface area contributed by atoms with E-state index in [1.165, 1.54) is 16.9 Å². The predicted octanol–water partition coefficient (Wildman–Crippen LogP) is 3.89. The van der Waals surface area contributed by atoms with Crippen LogP contribution in [0.4, 0.5) is 5.13 Å². The van der Waals surface area contributed by atoms with Crippen molar-refractivity contribution in [2.24, 2.45) is 0 Å². The number of rotatable bonds is 5. The summed E-state index contributed by atoms with van der Waals surface area (Å²) in [6, 6.07) is 16.4. The highest BCUT2D eigenvalue weighted by Gasteiger charge is 2.02. The maximum atomic E-state index is 5.78. The minimum atomic E-state index is 0.598. The molecule has 20 heavy (non-hydrogen) atoms. The number of benzene rings is 2. The number of aryl methyl sites for hydroxylation is 1. The Morgan fingerprint density at radius 3 is 2.80 bits per heavy atom. The SMILES string of the molecule is Nc1nc2ccc(OCCCc3ccccc3)cc2s1. The van der Waals surface area contributed by atoms with Crippen LogP contribution in [0.3, 0.4) is 0 Å². The van der Waals surface area contributed by atoms with Gasteiger partial charge in [-0.1, -0.05) is 41.7 Å². The fourth-order valence-corrected chi connectivity index (χ4v) is 2.89. The van der Waals surface area contributed by atoms with Crippen LogP contribution in [0.1, 0.15) is 12.0 Å². The lowest BCUT2D eigenvalue weighted by Crippen LogP contribution is -1.99. The molecule has 3 rings (SSSR count). The van der Waals surface area contributed by atoms with Crippen molar-refractivity contribution in [3.05, 3.63) is 54.1 Å². The number of hydrogen-bond donors (Lipinski definition) is 1. The summed E-state index contributed by atoms with van der Waals surface area (Å²) in [6.07, 6.45) is 2.05. The molecule has 3 nitrogen and oxygen atoms in total. The molecule has 0 saturated carbocycles. The van der Waals surface area contributed by atoms with E-state index < -0.39 is 0 Å². The van der Waals surface area contributed by atoms with Gasteiger partial charge in [0.25, 0.3) is 0 Å². The van der Waals surface area contributed by atoms with Gasteiger partial charge in [0.2, 0.25) is 0 Å². The molecule has 2 aromatic carbocycles. The van der Waals surface area contributed by atoms with Gasteiger partial charge in [-0.3, -0.25) is 0 Å². The van der Waals surface area contributed by atoms with E-state index in [2.05, 4.69) is 29.2 Å². The van der Waals surface area contributed by atoms with Gasteiger partial charge < -0.3 is 10.5 Å². The molecule has 0 bridgehead atoms. The molecule has 3 aromatic rings.